The Kier molecular flexibility index (Phi) is 2.47. The van der Waals surface area contributed by atoms with Crippen LogP contribution in [0, 0.1) is 6.92 Å². The Hall–Kier alpha value is -0.600. The first-order valence-electron chi connectivity index (χ1n) is 3.17. The second kappa shape index (κ2) is 3.20. The van der Waals surface area contributed by atoms with Crippen LogP contribution < -0.4 is 5.73 Å². The van der Waals surface area contributed by atoms with Gasteiger partial charge in [-0.05, 0) is 19.1 Å². The number of benzene rings is 1. The molecule has 0 aliphatic rings. The molecule has 0 aromatic heterocycles. The monoisotopic (exact) mass is 185 g/mol. The molecule has 0 radical (unpaired) electrons. The van der Waals surface area contributed by atoms with E-state index >= 15 is 0 Å². The molecular formula is C8H8ClNS. The van der Waals surface area contributed by atoms with Crippen molar-refractivity contribution in [2.75, 3.05) is 0 Å². The first-order chi connectivity index (χ1) is 5.11. The molecule has 1 aromatic carbocycles. The molecule has 0 atom stereocenters. The highest BCUT2D eigenvalue weighted by molar-refractivity contribution is 7.80. The van der Waals surface area contributed by atoms with Gasteiger partial charge >= 0.3 is 0 Å². The van der Waals surface area contributed by atoms with Crippen LogP contribution in [0.2, 0.25) is 5.02 Å². The van der Waals surface area contributed by atoms with Crippen molar-refractivity contribution in [1.82, 2.24) is 0 Å². The average molecular weight is 186 g/mol. The maximum atomic E-state index is 5.82. The van der Waals surface area contributed by atoms with E-state index in [0.717, 1.165) is 11.1 Å². The fourth-order valence-electron chi connectivity index (χ4n) is 0.828. The van der Waals surface area contributed by atoms with E-state index in [1.165, 1.54) is 0 Å². The van der Waals surface area contributed by atoms with Crippen molar-refractivity contribution in [3.63, 3.8) is 0 Å². The van der Waals surface area contributed by atoms with E-state index in [1.54, 1.807) is 6.07 Å². The van der Waals surface area contributed by atoms with Gasteiger partial charge in [-0.3, -0.25) is 0 Å². The molecule has 0 saturated heterocycles. The number of nitrogens with two attached hydrogens (primary N) is 1. The molecule has 0 bridgehead atoms. The molecule has 0 saturated carbocycles. The Morgan fingerprint density at radius 1 is 1.55 bits per heavy atom. The van der Waals surface area contributed by atoms with Crippen molar-refractivity contribution in [2.24, 2.45) is 5.73 Å². The molecule has 0 amide bonds. The third-order valence-corrected chi connectivity index (χ3v) is 1.94. The van der Waals surface area contributed by atoms with Gasteiger partial charge < -0.3 is 5.73 Å². The molecule has 1 nitrogen and oxygen atoms in total. The van der Waals surface area contributed by atoms with Crippen LogP contribution in [0.1, 0.15) is 11.1 Å². The minimum atomic E-state index is 0.346. The third kappa shape index (κ3) is 1.91. The maximum Gasteiger partial charge on any atom is 0.105 e. The van der Waals surface area contributed by atoms with Crippen molar-refractivity contribution in [1.29, 1.82) is 0 Å². The number of thiocarbonyl (C=S) groups is 1. The second-order valence-electron chi connectivity index (χ2n) is 2.35. The molecule has 0 unspecified atom stereocenters. The summed E-state index contributed by atoms with van der Waals surface area (Å²) in [4.78, 5) is 0.346. The van der Waals surface area contributed by atoms with Gasteiger partial charge in [0, 0.05) is 5.56 Å². The summed E-state index contributed by atoms with van der Waals surface area (Å²) in [5.74, 6) is 0. The summed E-state index contributed by atoms with van der Waals surface area (Å²) in [5.41, 5.74) is 7.29. The standard InChI is InChI=1S/C8H8ClNS/c1-5-2-3-7(9)6(4-5)8(10)11/h2-4H,1H3,(H2,10,11). The molecule has 1 rings (SSSR count). The van der Waals surface area contributed by atoms with Crippen LogP contribution >= 0.6 is 23.8 Å². The lowest BCUT2D eigenvalue weighted by Crippen LogP contribution is -2.09. The molecule has 0 fully saturated rings. The summed E-state index contributed by atoms with van der Waals surface area (Å²) in [6, 6.07) is 5.60. The third-order valence-electron chi connectivity index (χ3n) is 1.39. The quantitative estimate of drug-likeness (QED) is 0.680. The highest BCUT2D eigenvalue weighted by Gasteiger charge is 2.01. The van der Waals surface area contributed by atoms with Crippen LogP contribution in [-0.4, -0.2) is 4.99 Å². The number of hydrogen-bond acceptors (Lipinski definition) is 1. The van der Waals surface area contributed by atoms with Crippen LogP contribution in [-0.2, 0) is 0 Å². The summed E-state index contributed by atoms with van der Waals surface area (Å²) < 4.78 is 0. The topological polar surface area (TPSA) is 26.0 Å². The highest BCUT2D eigenvalue weighted by Crippen LogP contribution is 2.16. The van der Waals surface area contributed by atoms with Gasteiger partial charge in [0.25, 0.3) is 0 Å². The van der Waals surface area contributed by atoms with Gasteiger partial charge in [0.1, 0.15) is 4.99 Å². The largest absolute Gasteiger partial charge is 0.389 e. The van der Waals surface area contributed by atoms with Gasteiger partial charge in [0.05, 0.1) is 5.02 Å². The lowest BCUT2D eigenvalue weighted by molar-refractivity contribution is 1.45. The summed E-state index contributed by atoms with van der Waals surface area (Å²) in [6.45, 7) is 1.97. The summed E-state index contributed by atoms with van der Waals surface area (Å²) in [5, 5.41) is 0.614. The van der Waals surface area contributed by atoms with Crippen LogP contribution in [0.3, 0.4) is 0 Å². The van der Waals surface area contributed by atoms with Crippen molar-refractivity contribution >= 4 is 28.8 Å². The minimum absolute atomic E-state index is 0.346. The number of hydrogen-bond donors (Lipinski definition) is 1. The van der Waals surface area contributed by atoms with E-state index in [9.17, 15) is 0 Å². The fourth-order valence-corrected chi connectivity index (χ4v) is 1.27. The van der Waals surface area contributed by atoms with Crippen LogP contribution in [0.5, 0.6) is 0 Å². The average Bonchev–Trinajstić information content (AvgIpc) is 1.94. The van der Waals surface area contributed by atoms with Gasteiger partial charge in [-0.25, -0.2) is 0 Å². The van der Waals surface area contributed by atoms with Crippen LogP contribution in [0.4, 0.5) is 0 Å². The van der Waals surface area contributed by atoms with Crippen molar-refractivity contribution in [3.8, 4) is 0 Å². The maximum absolute atomic E-state index is 5.82. The first kappa shape index (κ1) is 8.50. The van der Waals surface area contributed by atoms with Gasteiger partial charge in [0.15, 0.2) is 0 Å². The zero-order valence-electron chi connectivity index (χ0n) is 6.10. The number of aryl methyl sites for hydroxylation is 1. The molecule has 11 heavy (non-hydrogen) atoms. The smallest absolute Gasteiger partial charge is 0.105 e. The summed E-state index contributed by atoms with van der Waals surface area (Å²) in [7, 11) is 0. The van der Waals surface area contributed by atoms with E-state index in [2.05, 4.69) is 0 Å². The normalized spacial score (nSPS) is 9.64. The Morgan fingerprint density at radius 3 is 2.64 bits per heavy atom. The van der Waals surface area contributed by atoms with E-state index in [1.807, 2.05) is 19.1 Å². The minimum Gasteiger partial charge on any atom is -0.389 e. The highest BCUT2D eigenvalue weighted by atomic mass is 35.5. The molecule has 58 valence electrons. The van der Waals surface area contributed by atoms with E-state index < -0.39 is 0 Å². The van der Waals surface area contributed by atoms with Crippen molar-refractivity contribution < 1.29 is 0 Å². The van der Waals surface area contributed by atoms with E-state index in [-0.39, 0.29) is 0 Å². The Balaban J connectivity index is 3.23. The predicted octanol–water partition coefficient (Wildman–Crippen LogP) is 2.28. The molecule has 1 aromatic rings. The molecular weight excluding hydrogens is 178 g/mol. The van der Waals surface area contributed by atoms with Gasteiger partial charge in [-0.2, -0.15) is 0 Å². The molecule has 2 N–H and O–H groups in total. The Labute approximate surface area is 76.2 Å². The number of rotatable bonds is 1. The molecule has 0 aliphatic heterocycles. The van der Waals surface area contributed by atoms with Crippen molar-refractivity contribution in [2.45, 2.75) is 6.92 Å². The zero-order chi connectivity index (χ0) is 8.43. The van der Waals surface area contributed by atoms with Gasteiger partial charge in [0.2, 0.25) is 0 Å². The Morgan fingerprint density at radius 2 is 2.18 bits per heavy atom. The molecule has 0 spiro atoms. The van der Waals surface area contributed by atoms with E-state index in [0.29, 0.717) is 10.0 Å². The molecule has 3 heteroatoms. The number of halogens is 1. The Bertz CT molecular complexity index is 296. The fraction of sp³-hybridized carbons (Fsp3) is 0.125. The zero-order valence-corrected chi connectivity index (χ0v) is 7.67. The van der Waals surface area contributed by atoms with Gasteiger partial charge in [-0.1, -0.05) is 35.4 Å². The SMILES string of the molecule is Cc1ccc(Cl)c(C(N)=S)c1. The van der Waals surface area contributed by atoms with E-state index in [4.69, 9.17) is 29.6 Å². The van der Waals surface area contributed by atoms with Crippen molar-refractivity contribution in [3.05, 3.63) is 34.3 Å². The lowest BCUT2D eigenvalue weighted by Gasteiger charge is -2.01. The summed E-state index contributed by atoms with van der Waals surface area (Å²) in [6.07, 6.45) is 0. The lowest BCUT2D eigenvalue weighted by atomic mass is 10.1. The van der Waals surface area contributed by atoms with Crippen LogP contribution in [0.25, 0.3) is 0 Å². The molecule has 0 aliphatic carbocycles. The summed E-state index contributed by atoms with van der Waals surface area (Å²) >= 11 is 10.6. The predicted molar refractivity (Wildman–Crippen MR) is 52.1 cm³/mol. The second-order valence-corrected chi connectivity index (χ2v) is 3.19. The first-order valence-corrected chi connectivity index (χ1v) is 3.96. The van der Waals surface area contributed by atoms with Gasteiger partial charge in [-0.15, -0.1) is 0 Å². The molecule has 0 heterocycles. The van der Waals surface area contributed by atoms with Crippen LogP contribution in [0.15, 0.2) is 18.2 Å².